The molecule has 2 amide bonds. The van der Waals surface area contributed by atoms with Crippen LogP contribution < -0.4 is 10.2 Å². The molecule has 1 aromatic heterocycles. The maximum Gasteiger partial charge on any atom is 0.243 e. The summed E-state index contributed by atoms with van der Waals surface area (Å²) >= 11 is 0. The number of pyridine rings is 1. The predicted octanol–water partition coefficient (Wildman–Crippen LogP) is 2.55. The number of aromatic nitrogens is 1. The van der Waals surface area contributed by atoms with Gasteiger partial charge in [-0.15, -0.1) is 0 Å². The fraction of sp³-hybridized carbons (Fsp3) is 0.346. The van der Waals surface area contributed by atoms with E-state index in [9.17, 15) is 18.0 Å². The van der Waals surface area contributed by atoms with E-state index in [0.717, 1.165) is 29.7 Å². The molecule has 2 aliphatic heterocycles. The second-order valence-electron chi connectivity index (χ2n) is 9.21. The number of anilines is 2. The van der Waals surface area contributed by atoms with Crippen LogP contribution in [0.5, 0.6) is 0 Å². The average Bonchev–Trinajstić information content (AvgIpc) is 3.39. The van der Waals surface area contributed by atoms with Crippen molar-refractivity contribution in [2.24, 2.45) is 5.92 Å². The Labute approximate surface area is 210 Å². The normalized spacial score (nSPS) is 19.0. The zero-order valence-corrected chi connectivity index (χ0v) is 20.9. The summed E-state index contributed by atoms with van der Waals surface area (Å²) in [5, 5.41) is 3.73. The van der Waals surface area contributed by atoms with Crippen LogP contribution in [0.2, 0.25) is 0 Å². The molecule has 2 saturated heterocycles. The number of para-hydroxylation sites is 1. The minimum atomic E-state index is -3.71. The predicted molar refractivity (Wildman–Crippen MR) is 138 cm³/mol. The number of rotatable bonds is 5. The molecule has 2 fully saturated rings. The van der Waals surface area contributed by atoms with Crippen molar-refractivity contribution in [3.8, 4) is 0 Å². The summed E-state index contributed by atoms with van der Waals surface area (Å²) in [5.41, 5.74) is 2.61. The molecule has 5 rings (SSSR count). The number of nitrogens with one attached hydrogen (secondary N) is 1. The van der Waals surface area contributed by atoms with E-state index in [4.69, 9.17) is 0 Å². The summed E-state index contributed by atoms with van der Waals surface area (Å²) < 4.78 is 27.6. The number of amides is 2. The van der Waals surface area contributed by atoms with E-state index in [1.165, 1.54) is 23.4 Å². The van der Waals surface area contributed by atoms with Crippen molar-refractivity contribution in [2.75, 3.05) is 49.5 Å². The van der Waals surface area contributed by atoms with Gasteiger partial charge in [0, 0.05) is 69.2 Å². The van der Waals surface area contributed by atoms with Crippen LogP contribution in [-0.4, -0.2) is 73.7 Å². The van der Waals surface area contributed by atoms with Crippen molar-refractivity contribution in [2.45, 2.75) is 18.2 Å². The molecule has 3 heterocycles. The van der Waals surface area contributed by atoms with Crippen LogP contribution in [0.4, 0.5) is 11.4 Å². The summed E-state index contributed by atoms with van der Waals surface area (Å²) in [6.45, 7) is 4.53. The summed E-state index contributed by atoms with van der Waals surface area (Å²) in [6.07, 6.45) is 2.33. The van der Waals surface area contributed by atoms with Gasteiger partial charge in [0.25, 0.3) is 0 Å². The Morgan fingerprint density at radius 3 is 2.39 bits per heavy atom. The molecule has 0 radical (unpaired) electrons. The van der Waals surface area contributed by atoms with Crippen LogP contribution in [0.15, 0.2) is 65.7 Å². The Morgan fingerprint density at radius 2 is 1.67 bits per heavy atom. The van der Waals surface area contributed by atoms with E-state index >= 15 is 0 Å². The first-order chi connectivity index (χ1) is 17.3. The van der Waals surface area contributed by atoms with E-state index < -0.39 is 10.0 Å². The zero-order chi connectivity index (χ0) is 25.3. The van der Waals surface area contributed by atoms with E-state index in [1.54, 1.807) is 12.1 Å². The Morgan fingerprint density at radius 1 is 0.944 bits per heavy atom. The lowest BCUT2D eigenvalue weighted by atomic mass is 10.1. The number of hydrogen-bond donors (Lipinski definition) is 1. The first-order valence-electron chi connectivity index (χ1n) is 12.1. The molecule has 1 unspecified atom stereocenters. The molecule has 2 aliphatic rings. The highest BCUT2D eigenvalue weighted by Gasteiger charge is 2.38. The number of hydrogen-bond acceptors (Lipinski definition) is 6. The Bertz CT molecular complexity index is 1380. The number of benzene rings is 2. The van der Waals surface area contributed by atoms with Gasteiger partial charge in [-0.2, -0.15) is 4.31 Å². The summed E-state index contributed by atoms with van der Waals surface area (Å²) in [5.74, 6) is -0.541. The second kappa shape index (κ2) is 9.87. The lowest BCUT2D eigenvalue weighted by Gasteiger charge is -2.37. The molecule has 10 heteroatoms. The van der Waals surface area contributed by atoms with Crippen LogP contribution in [0.3, 0.4) is 0 Å². The van der Waals surface area contributed by atoms with Gasteiger partial charge in [-0.1, -0.05) is 18.2 Å². The first-order valence-corrected chi connectivity index (χ1v) is 13.5. The number of nitrogens with zero attached hydrogens (tertiary/aromatic N) is 4. The first kappa shape index (κ1) is 24.2. The van der Waals surface area contributed by atoms with Gasteiger partial charge < -0.3 is 15.1 Å². The quantitative estimate of drug-likeness (QED) is 0.569. The maximum atomic E-state index is 13.2. The number of fused-ring (bicyclic) bond motifs is 1. The van der Waals surface area contributed by atoms with E-state index in [1.807, 2.05) is 35.4 Å². The van der Waals surface area contributed by atoms with Crippen LogP contribution in [0, 0.1) is 5.92 Å². The minimum Gasteiger partial charge on any atom is -0.367 e. The van der Waals surface area contributed by atoms with Gasteiger partial charge in [0.2, 0.25) is 21.8 Å². The Balaban J connectivity index is 1.20. The standard InChI is InChI=1S/C26H29N5O4S/c1-19(32)28-21-6-8-22(9-7-21)36(34,35)31-13-11-20(18-31)26(33)30-16-14-29(15-17-30)25-10-12-27-24-5-3-2-4-23(24)25/h2-10,12,20H,11,13-18H2,1H3,(H,28,32). The van der Waals surface area contributed by atoms with Gasteiger partial charge >= 0.3 is 0 Å². The van der Waals surface area contributed by atoms with E-state index in [-0.39, 0.29) is 29.2 Å². The highest BCUT2D eigenvalue weighted by atomic mass is 32.2. The van der Waals surface area contributed by atoms with Crippen LogP contribution in [0.1, 0.15) is 13.3 Å². The van der Waals surface area contributed by atoms with Crippen LogP contribution in [0.25, 0.3) is 10.9 Å². The molecular formula is C26H29N5O4S. The van der Waals surface area contributed by atoms with Crippen LogP contribution >= 0.6 is 0 Å². The van der Waals surface area contributed by atoms with Crippen molar-refractivity contribution in [3.63, 3.8) is 0 Å². The molecule has 0 spiro atoms. The zero-order valence-electron chi connectivity index (χ0n) is 20.1. The van der Waals surface area contributed by atoms with Crippen molar-refractivity contribution >= 4 is 44.1 Å². The third-order valence-electron chi connectivity index (χ3n) is 6.87. The molecule has 9 nitrogen and oxygen atoms in total. The van der Waals surface area contributed by atoms with Gasteiger partial charge in [-0.05, 0) is 42.8 Å². The number of carbonyl (C=O) groups excluding carboxylic acids is 2. The second-order valence-corrected chi connectivity index (χ2v) is 11.2. The summed E-state index contributed by atoms with van der Waals surface area (Å²) in [4.78, 5) is 33.2. The average molecular weight is 508 g/mol. The highest BCUT2D eigenvalue weighted by Crippen LogP contribution is 2.29. The number of carbonyl (C=O) groups is 2. The van der Waals surface area contributed by atoms with E-state index in [2.05, 4.69) is 21.3 Å². The van der Waals surface area contributed by atoms with Crippen molar-refractivity contribution in [1.29, 1.82) is 0 Å². The summed E-state index contributed by atoms with van der Waals surface area (Å²) in [7, 11) is -3.71. The molecule has 0 saturated carbocycles. The molecule has 1 N–H and O–H groups in total. The van der Waals surface area contributed by atoms with Gasteiger partial charge in [-0.25, -0.2) is 8.42 Å². The molecule has 36 heavy (non-hydrogen) atoms. The largest absolute Gasteiger partial charge is 0.367 e. The topological polar surface area (TPSA) is 103 Å². The third kappa shape index (κ3) is 4.78. The lowest BCUT2D eigenvalue weighted by Crippen LogP contribution is -2.50. The highest BCUT2D eigenvalue weighted by molar-refractivity contribution is 7.89. The summed E-state index contributed by atoms with van der Waals surface area (Å²) in [6, 6.07) is 16.2. The molecule has 2 aromatic carbocycles. The fourth-order valence-electron chi connectivity index (χ4n) is 4.99. The van der Waals surface area contributed by atoms with Gasteiger partial charge in [0.15, 0.2) is 0 Å². The maximum absolute atomic E-state index is 13.2. The molecule has 3 aromatic rings. The number of sulfonamides is 1. The molecule has 0 aliphatic carbocycles. The smallest absolute Gasteiger partial charge is 0.243 e. The van der Waals surface area contributed by atoms with Crippen molar-refractivity contribution in [3.05, 3.63) is 60.8 Å². The Hall–Kier alpha value is -3.50. The Kier molecular flexibility index (Phi) is 6.63. The third-order valence-corrected chi connectivity index (χ3v) is 8.75. The van der Waals surface area contributed by atoms with Gasteiger partial charge in [0.05, 0.1) is 16.3 Å². The van der Waals surface area contributed by atoms with E-state index in [0.29, 0.717) is 31.7 Å². The van der Waals surface area contributed by atoms with Gasteiger partial charge in [0.1, 0.15) is 0 Å². The molecule has 0 bridgehead atoms. The van der Waals surface area contributed by atoms with Crippen molar-refractivity contribution in [1.82, 2.24) is 14.2 Å². The molecule has 1 atom stereocenters. The monoisotopic (exact) mass is 507 g/mol. The SMILES string of the molecule is CC(=O)Nc1ccc(S(=O)(=O)N2CCC(C(=O)N3CCN(c4ccnc5ccccc45)CC3)C2)cc1. The minimum absolute atomic E-state index is 0.0212. The van der Waals surface area contributed by atoms with Crippen LogP contribution in [-0.2, 0) is 19.6 Å². The fourth-order valence-corrected chi connectivity index (χ4v) is 6.49. The van der Waals surface area contributed by atoms with Crippen molar-refractivity contribution < 1.29 is 18.0 Å². The number of piperazine rings is 1. The molecular weight excluding hydrogens is 478 g/mol. The lowest BCUT2D eigenvalue weighted by molar-refractivity contribution is -0.135. The van der Waals surface area contributed by atoms with Gasteiger partial charge in [-0.3, -0.25) is 14.6 Å². The molecule has 188 valence electrons.